The van der Waals surface area contributed by atoms with Crippen LogP contribution >= 0.6 is 0 Å². The molecule has 0 aromatic heterocycles. The van der Waals surface area contributed by atoms with E-state index in [0.717, 1.165) is 0 Å². The molecule has 2 rings (SSSR count). The molecule has 0 aliphatic heterocycles. The first kappa shape index (κ1) is 18.0. The molecule has 2 heteroatoms. The first-order chi connectivity index (χ1) is 7.00. The van der Waals surface area contributed by atoms with Gasteiger partial charge in [0.05, 0.1) is 0 Å². The Morgan fingerprint density at radius 3 is 1.00 bits per heavy atom. The van der Waals surface area contributed by atoms with Gasteiger partial charge in [-0.25, -0.2) is 24.3 Å². The molecule has 0 aliphatic carbocycles. The van der Waals surface area contributed by atoms with Gasteiger partial charge in [0.2, 0.25) is 0 Å². The van der Waals surface area contributed by atoms with Crippen molar-refractivity contribution in [1.29, 1.82) is 0 Å². The molecule has 0 atom stereocenters. The minimum Gasteiger partial charge on any atom is -0.342 e. The largest absolute Gasteiger partial charge is 3.00 e. The summed E-state index contributed by atoms with van der Waals surface area (Å²) >= 11 is 0. The van der Waals surface area contributed by atoms with E-state index in [1.54, 1.807) is 0 Å². The zero-order valence-electron chi connectivity index (χ0n) is 10.5. The van der Waals surface area contributed by atoms with Gasteiger partial charge in [0.1, 0.15) is 0 Å². The molecule has 2 aromatic carbocycles. The molecule has 0 spiro atoms. The van der Waals surface area contributed by atoms with Crippen molar-refractivity contribution in [3.63, 3.8) is 0 Å². The van der Waals surface area contributed by atoms with E-state index < -0.39 is 8.07 Å². The summed E-state index contributed by atoms with van der Waals surface area (Å²) < 4.78 is 0. The standard InChI is InChI=1S/2C5H5.C4H11Si.Ti/c2*1-2-4-5-3-1;1-5(2,3)4;/h2*1-5H;1H2,2-4H3;/q3*-1;+3. The van der Waals surface area contributed by atoms with Crippen molar-refractivity contribution in [1.82, 2.24) is 0 Å². The van der Waals surface area contributed by atoms with Gasteiger partial charge in [-0.15, -0.1) is 8.07 Å². The van der Waals surface area contributed by atoms with Gasteiger partial charge in [0.15, 0.2) is 0 Å². The van der Waals surface area contributed by atoms with E-state index in [1.165, 1.54) is 0 Å². The maximum Gasteiger partial charge on any atom is 3.00 e. The van der Waals surface area contributed by atoms with Crippen molar-refractivity contribution in [2.75, 3.05) is 0 Å². The van der Waals surface area contributed by atoms with Gasteiger partial charge in [-0.3, -0.25) is 0 Å². The Bertz CT molecular complexity index is 210. The van der Waals surface area contributed by atoms with E-state index in [0.29, 0.717) is 0 Å². The third kappa shape index (κ3) is 23.4. The van der Waals surface area contributed by atoms with Gasteiger partial charge in [0.25, 0.3) is 0 Å². The van der Waals surface area contributed by atoms with Crippen molar-refractivity contribution >= 4 is 8.07 Å². The van der Waals surface area contributed by atoms with Crippen LogP contribution in [0.3, 0.4) is 0 Å². The summed E-state index contributed by atoms with van der Waals surface area (Å²) in [7, 11) is -0.861. The fraction of sp³-hybridized carbons (Fsp3) is 0.214. The van der Waals surface area contributed by atoms with Crippen molar-refractivity contribution in [2.24, 2.45) is 0 Å². The first-order valence-electron chi connectivity index (χ1n) is 5.19. The predicted molar refractivity (Wildman–Crippen MR) is 72.8 cm³/mol. The fourth-order valence-electron chi connectivity index (χ4n) is 0.642. The molecular weight excluding hydrogens is 244 g/mol. The summed E-state index contributed by atoms with van der Waals surface area (Å²) in [5.41, 5.74) is 0. The quantitative estimate of drug-likeness (QED) is 0.486. The number of hydrogen-bond acceptors (Lipinski definition) is 0. The second-order valence-electron chi connectivity index (χ2n) is 4.49. The second kappa shape index (κ2) is 11.1. The van der Waals surface area contributed by atoms with Gasteiger partial charge in [-0.1, -0.05) is 19.6 Å². The van der Waals surface area contributed by atoms with Crippen LogP contribution in [-0.4, -0.2) is 8.07 Å². The van der Waals surface area contributed by atoms with Crippen LogP contribution in [0.15, 0.2) is 60.7 Å². The van der Waals surface area contributed by atoms with Crippen LogP contribution in [0.25, 0.3) is 0 Å². The van der Waals surface area contributed by atoms with Gasteiger partial charge in [0, 0.05) is 0 Å². The molecule has 0 saturated carbocycles. The zero-order chi connectivity index (χ0) is 11.6. The zero-order valence-corrected chi connectivity index (χ0v) is 13.0. The van der Waals surface area contributed by atoms with E-state index in [1.807, 2.05) is 60.7 Å². The average Bonchev–Trinajstić information content (AvgIpc) is 2.81. The van der Waals surface area contributed by atoms with E-state index in [-0.39, 0.29) is 21.7 Å². The first-order valence-corrected chi connectivity index (χ1v) is 8.89. The van der Waals surface area contributed by atoms with E-state index in [9.17, 15) is 0 Å². The topological polar surface area (TPSA) is 0 Å². The summed E-state index contributed by atoms with van der Waals surface area (Å²) in [6, 6.07) is 20.0. The molecule has 0 amide bonds. The van der Waals surface area contributed by atoms with Gasteiger partial charge >= 0.3 is 21.7 Å². The minimum atomic E-state index is -0.861. The van der Waals surface area contributed by atoms with Crippen LogP contribution in [0.2, 0.25) is 19.6 Å². The van der Waals surface area contributed by atoms with Crippen LogP contribution in [0, 0.1) is 6.55 Å². The van der Waals surface area contributed by atoms with Crippen LogP contribution < -0.4 is 0 Å². The fourth-order valence-corrected chi connectivity index (χ4v) is 0.642. The Balaban J connectivity index is 0. The summed E-state index contributed by atoms with van der Waals surface area (Å²) in [6.07, 6.45) is 0. The number of rotatable bonds is 0. The predicted octanol–water partition coefficient (Wildman–Crippen LogP) is 4.51. The van der Waals surface area contributed by atoms with Crippen molar-refractivity contribution in [3.8, 4) is 0 Å². The monoisotopic (exact) mass is 265 g/mol. The van der Waals surface area contributed by atoms with Gasteiger partial charge in [-0.2, -0.15) is 36.4 Å². The summed E-state index contributed by atoms with van der Waals surface area (Å²) in [5, 5.41) is 0. The van der Waals surface area contributed by atoms with E-state index >= 15 is 0 Å². The van der Waals surface area contributed by atoms with Crippen molar-refractivity contribution in [2.45, 2.75) is 19.6 Å². The molecule has 1 radical (unpaired) electrons. The summed E-state index contributed by atoms with van der Waals surface area (Å²) in [4.78, 5) is 0. The second-order valence-corrected chi connectivity index (χ2v) is 9.61. The SMILES string of the molecule is [CH2-][Si](C)(C)C.[Ti+3].c1cc[cH-]c1.c1cc[cH-]c1. The van der Waals surface area contributed by atoms with Crippen LogP contribution in [0.4, 0.5) is 0 Å². The molecule has 0 heterocycles. The maximum atomic E-state index is 3.91. The van der Waals surface area contributed by atoms with Crippen LogP contribution in [-0.2, 0) is 21.7 Å². The van der Waals surface area contributed by atoms with Crippen LogP contribution in [0.1, 0.15) is 0 Å². The average molecular weight is 265 g/mol. The molecule has 0 unspecified atom stereocenters. The van der Waals surface area contributed by atoms with Gasteiger partial charge in [-0.05, 0) is 0 Å². The summed E-state index contributed by atoms with van der Waals surface area (Å²) in [5.74, 6) is 0. The van der Waals surface area contributed by atoms with Crippen LogP contribution in [0.5, 0.6) is 0 Å². The van der Waals surface area contributed by atoms with Crippen molar-refractivity contribution < 1.29 is 21.7 Å². The Morgan fingerprint density at radius 1 is 0.750 bits per heavy atom. The van der Waals surface area contributed by atoms with Gasteiger partial charge < -0.3 is 6.55 Å². The third-order valence-corrected chi connectivity index (χ3v) is 1.11. The molecule has 0 nitrogen and oxygen atoms in total. The molecule has 0 fully saturated rings. The molecule has 0 bridgehead atoms. The minimum absolute atomic E-state index is 0. The Hall–Kier alpha value is -0.369. The normalized spacial score (nSPS) is 8.75. The smallest absolute Gasteiger partial charge is 0.342 e. The Morgan fingerprint density at radius 2 is 0.938 bits per heavy atom. The molecule has 16 heavy (non-hydrogen) atoms. The third-order valence-electron chi connectivity index (χ3n) is 1.11. The number of hydrogen-bond donors (Lipinski definition) is 0. The molecule has 2 aromatic rings. The maximum absolute atomic E-state index is 3.91. The molecule has 0 N–H and O–H groups in total. The molecule has 85 valence electrons. The summed E-state index contributed by atoms with van der Waals surface area (Å²) in [6.45, 7) is 10.6. The molecular formula is C14H21SiTi. The Labute approximate surface area is 116 Å². The Kier molecular flexibility index (Phi) is 12.5. The molecule has 0 aliphatic rings. The van der Waals surface area contributed by atoms with Crippen molar-refractivity contribution in [3.05, 3.63) is 67.2 Å². The van der Waals surface area contributed by atoms with E-state index in [4.69, 9.17) is 0 Å². The van der Waals surface area contributed by atoms with E-state index in [2.05, 4.69) is 26.2 Å². The molecule has 0 saturated heterocycles.